The molecule has 0 radical (unpaired) electrons. The number of unbranched alkanes of at least 4 members (excludes halogenated alkanes) is 1. The summed E-state index contributed by atoms with van der Waals surface area (Å²) < 4.78 is 0. The third kappa shape index (κ3) is 8.95. The molecule has 34 heavy (non-hydrogen) atoms. The number of hydrogen-bond donors (Lipinski definition) is 2. The number of imide groups is 1. The van der Waals surface area contributed by atoms with Crippen molar-refractivity contribution in [3.63, 3.8) is 0 Å². The molecule has 0 aromatic heterocycles. The summed E-state index contributed by atoms with van der Waals surface area (Å²) in [4.78, 5) is 39.0. The quantitative estimate of drug-likeness (QED) is 0.473. The minimum atomic E-state index is -1.12. The number of carboxylic acids is 1. The number of carbonyl (C=O) groups is 3. The number of carbonyl (C=O) groups excluding carboxylic acids is 2. The number of amides is 3. The van der Waals surface area contributed by atoms with Crippen molar-refractivity contribution in [2.75, 3.05) is 18.1 Å². The maximum atomic E-state index is 13.2. The van der Waals surface area contributed by atoms with Crippen molar-refractivity contribution >= 4 is 29.7 Å². The van der Waals surface area contributed by atoms with Gasteiger partial charge in [0.1, 0.15) is 6.04 Å². The van der Waals surface area contributed by atoms with Gasteiger partial charge in [0.15, 0.2) is 0 Å². The second-order valence-electron chi connectivity index (χ2n) is 8.28. The highest BCUT2D eigenvalue weighted by molar-refractivity contribution is 7.99. The Morgan fingerprint density at radius 2 is 1.68 bits per heavy atom. The molecule has 1 atom stereocenters. The van der Waals surface area contributed by atoms with E-state index in [1.807, 2.05) is 51.1 Å². The van der Waals surface area contributed by atoms with Crippen LogP contribution in [-0.2, 0) is 4.79 Å². The number of nitrogens with one attached hydrogen (secondary N) is 1. The molecule has 2 N–H and O–H groups in total. The maximum Gasteiger partial charge on any atom is 0.327 e. The smallest absolute Gasteiger partial charge is 0.327 e. The first-order valence-corrected chi connectivity index (χ1v) is 12.6. The summed E-state index contributed by atoms with van der Waals surface area (Å²) in [6.45, 7) is 6.26. The fourth-order valence-corrected chi connectivity index (χ4v) is 4.06. The number of hydrogen-bond acceptors (Lipinski definition) is 4. The second kappa shape index (κ2) is 14.1. The molecule has 0 aliphatic rings. The van der Waals surface area contributed by atoms with Gasteiger partial charge in [-0.1, -0.05) is 63.3 Å². The highest BCUT2D eigenvalue weighted by atomic mass is 32.2. The van der Waals surface area contributed by atoms with Crippen LogP contribution in [0.3, 0.4) is 0 Å². The molecule has 0 saturated carbocycles. The largest absolute Gasteiger partial charge is 0.480 e. The fraction of sp³-hybridized carbons (Fsp3) is 0.370. The Morgan fingerprint density at radius 1 is 1.00 bits per heavy atom. The van der Waals surface area contributed by atoms with Crippen LogP contribution in [0.4, 0.5) is 4.79 Å². The maximum absolute atomic E-state index is 13.2. The van der Waals surface area contributed by atoms with Crippen LogP contribution >= 0.6 is 11.8 Å². The van der Waals surface area contributed by atoms with Crippen LogP contribution in [-0.4, -0.2) is 52.0 Å². The standard InChI is InChI=1S/C27H32N2O4S/c1-4-5-16-29(27(33)28-24(26(31)32)19-34-18-20(2)3)25(30)23-13-9-12-22(17-23)15-14-21-10-7-6-8-11-21/h6-13,17,20,24H,4-5,16,18-19H2,1-3H3,(H,28,33)(H,31,32). The van der Waals surface area contributed by atoms with Crippen LogP contribution < -0.4 is 5.32 Å². The van der Waals surface area contributed by atoms with Crippen LogP contribution in [0.15, 0.2) is 54.6 Å². The lowest BCUT2D eigenvalue weighted by atomic mass is 10.1. The molecule has 6 nitrogen and oxygen atoms in total. The number of nitrogens with zero attached hydrogens (tertiary/aromatic N) is 1. The Kier molecular flexibility index (Phi) is 11.2. The first kappa shape index (κ1) is 27.0. The molecule has 0 spiro atoms. The number of aliphatic carboxylic acids is 1. The number of rotatable bonds is 10. The predicted molar refractivity (Wildman–Crippen MR) is 137 cm³/mol. The number of benzene rings is 2. The summed E-state index contributed by atoms with van der Waals surface area (Å²) >= 11 is 1.47. The third-order valence-electron chi connectivity index (χ3n) is 4.79. The van der Waals surface area contributed by atoms with Gasteiger partial charge in [-0.25, -0.2) is 9.59 Å². The van der Waals surface area contributed by atoms with Crippen LogP contribution in [0, 0.1) is 17.8 Å². The molecule has 2 aromatic rings. The van der Waals surface area contributed by atoms with Gasteiger partial charge in [0, 0.05) is 29.0 Å². The summed E-state index contributed by atoms with van der Waals surface area (Å²) in [5.74, 6) is 5.94. The summed E-state index contributed by atoms with van der Waals surface area (Å²) in [7, 11) is 0. The van der Waals surface area contributed by atoms with E-state index >= 15 is 0 Å². The second-order valence-corrected chi connectivity index (χ2v) is 9.35. The highest BCUT2D eigenvalue weighted by Crippen LogP contribution is 2.12. The van der Waals surface area contributed by atoms with Gasteiger partial charge < -0.3 is 10.4 Å². The van der Waals surface area contributed by atoms with Gasteiger partial charge in [-0.3, -0.25) is 9.69 Å². The van der Waals surface area contributed by atoms with Crippen molar-refractivity contribution in [3.8, 4) is 11.8 Å². The first-order valence-electron chi connectivity index (χ1n) is 11.4. The van der Waals surface area contributed by atoms with Crippen molar-refractivity contribution < 1.29 is 19.5 Å². The molecule has 0 fully saturated rings. The number of carboxylic acid groups (broad SMARTS) is 1. The SMILES string of the molecule is CCCCN(C(=O)NC(CSCC(C)C)C(=O)O)C(=O)c1cccc(C#Cc2ccccc2)c1. The van der Waals surface area contributed by atoms with Crippen LogP contribution in [0.5, 0.6) is 0 Å². The van der Waals surface area contributed by atoms with Crippen LogP contribution in [0.2, 0.25) is 0 Å². The van der Waals surface area contributed by atoms with Crippen LogP contribution in [0.25, 0.3) is 0 Å². The molecule has 0 bridgehead atoms. The minimum absolute atomic E-state index is 0.201. The summed E-state index contributed by atoms with van der Waals surface area (Å²) in [6.07, 6.45) is 1.40. The lowest BCUT2D eigenvalue weighted by Crippen LogP contribution is -2.51. The van der Waals surface area contributed by atoms with Crippen molar-refractivity contribution in [2.24, 2.45) is 5.92 Å². The summed E-state index contributed by atoms with van der Waals surface area (Å²) in [5, 5.41) is 12.1. The molecule has 0 saturated heterocycles. The van der Waals surface area contributed by atoms with Gasteiger partial charge in [0.2, 0.25) is 0 Å². The minimum Gasteiger partial charge on any atom is -0.480 e. The van der Waals surface area contributed by atoms with E-state index in [0.29, 0.717) is 23.5 Å². The Labute approximate surface area is 206 Å². The zero-order valence-electron chi connectivity index (χ0n) is 19.9. The summed E-state index contributed by atoms with van der Waals surface area (Å²) in [6, 6.07) is 14.6. The van der Waals surface area contributed by atoms with Gasteiger partial charge in [0.25, 0.3) is 5.91 Å². The van der Waals surface area contributed by atoms with E-state index in [0.717, 1.165) is 22.6 Å². The van der Waals surface area contributed by atoms with Gasteiger partial charge in [0.05, 0.1) is 0 Å². The summed E-state index contributed by atoms with van der Waals surface area (Å²) in [5.41, 5.74) is 1.84. The van der Waals surface area contributed by atoms with E-state index in [1.165, 1.54) is 11.8 Å². The van der Waals surface area contributed by atoms with Gasteiger partial charge in [-0.2, -0.15) is 11.8 Å². The van der Waals surface area contributed by atoms with E-state index in [1.54, 1.807) is 24.3 Å². The van der Waals surface area contributed by atoms with Gasteiger partial charge in [-0.15, -0.1) is 0 Å². The highest BCUT2D eigenvalue weighted by Gasteiger charge is 2.27. The van der Waals surface area contributed by atoms with E-state index in [9.17, 15) is 19.5 Å². The molecule has 1 unspecified atom stereocenters. The van der Waals surface area contributed by atoms with E-state index in [4.69, 9.17) is 0 Å². The van der Waals surface area contributed by atoms with Crippen molar-refractivity contribution in [1.29, 1.82) is 0 Å². The van der Waals surface area contributed by atoms with Gasteiger partial charge >= 0.3 is 12.0 Å². The Balaban J connectivity index is 2.18. The molecular weight excluding hydrogens is 448 g/mol. The average molecular weight is 481 g/mol. The number of urea groups is 1. The van der Waals surface area contributed by atoms with Crippen molar-refractivity contribution in [3.05, 3.63) is 71.3 Å². The molecule has 0 heterocycles. The number of thioether (sulfide) groups is 1. The van der Waals surface area contributed by atoms with Gasteiger partial charge in [-0.05, 0) is 48.4 Å². The monoisotopic (exact) mass is 480 g/mol. The molecule has 2 rings (SSSR count). The van der Waals surface area contributed by atoms with Crippen molar-refractivity contribution in [2.45, 2.75) is 39.7 Å². The molecule has 0 aliphatic carbocycles. The molecule has 0 aliphatic heterocycles. The Hall–Kier alpha value is -3.24. The molecule has 180 valence electrons. The zero-order chi connectivity index (χ0) is 24.9. The predicted octanol–water partition coefficient (Wildman–Crippen LogP) is 4.88. The fourth-order valence-electron chi connectivity index (χ4n) is 2.99. The van der Waals surface area contributed by atoms with Crippen LogP contribution in [0.1, 0.15) is 55.1 Å². The Bertz CT molecular complexity index is 1030. The zero-order valence-corrected chi connectivity index (χ0v) is 20.7. The van der Waals surface area contributed by atoms with Crippen molar-refractivity contribution in [1.82, 2.24) is 10.2 Å². The van der Waals surface area contributed by atoms with E-state index < -0.39 is 23.9 Å². The van der Waals surface area contributed by atoms with E-state index in [-0.39, 0.29) is 12.3 Å². The molecular formula is C27H32N2O4S. The first-order chi connectivity index (χ1) is 16.3. The normalized spacial score (nSPS) is 11.3. The topological polar surface area (TPSA) is 86.7 Å². The molecule has 2 aromatic carbocycles. The Morgan fingerprint density at radius 3 is 2.32 bits per heavy atom. The lowest BCUT2D eigenvalue weighted by molar-refractivity contribution is -0.138. The average Bonchev–Trinajstić information content (AvgIpc) is 2.82. The lowest BCUT2D eigenvalue weighted by Gasteiger charge is -2.24. The van der Waals surface area contributed by atoms with E-state index in [2.05, 4.69) is 17.2 Å². The third-order valence-corrected chi connectivity index (χ3v) is 6.26. The molecule has 3 amide bonds. The molecule has 7 heteroatoms.